The highest BCUT2D eigenvalue weighted by molar-refractivity contribution is 6.83. The number of amides is 1. The highest BCUT2D eigenvalue weighted by Crippen LogP contribution is 2.21. The molecule has 0 radical (unpaired) electrons. The monoisotopic (exact) mass is 241 g/mol. The normalized spacial score (nSPS) is 12.9. The Bertz CT molecular complexity index is 241. The zero-order valence-electron chi connectivity index (χ0n) is 11.3. The molecule has 0 aliphatic heterocycles. The van der Waals surface area contributed by atoms with Crippen molar-refractivity contribution in [3.05, 3.63) is 11.3 Å². The van der Waals surface area contributed by atoms with Gasteiger partial charge in [-0.2, -0.15) is 0 Å². The number of unbranched alkanes of at least 4 members (excludes halogenated alkanes) is 2. The second kappa shape index (κ2) is 7.66. The van der Waals surface area contributed by atoms with E-state index in [4.69, 9.17) is 5.73 Å². The lowest BCUT2D eigenvalue weighted by atomic mass is 10.2. The van der Waals surface area contributed by atoms with Crippen LogP contribution in [0, 0.1) is 0 Å². The van der Waals surface area contributed by atoms with Gasteiger partial charge in [0.25, 0.3) is 0 Å². The number of carbonyl (C=O) groups excluding carboxylic acids is 1. The number of hydrogen-bond acceptors (Lipinski definition) is 1. The van der Waals surface area contributed by atoms with Crippen LogP contribution in [0.15, 0.2) is 11.3 Å². The quantitative estimate of drug-likeness (QED) is 0.512. The minimum atomic E-state index is -1.20. The van der Waals surface area contributed by atoms with Gasteiger partial charge in [0, 0.05) is 6.42 Å². The SMILES string of the molecule is CCCC/C=C(/CCCC(N)=O)[Si](C)(C)C. The van der Waals surface area contributed by atoms with E-state index in [9.17, 15) is 4.79 Å². The van der Waals surface area contributed by atoms with Crippen LogP contribution in [0.3, 0.4) is 0 Å². The van der Waals surface area contributed by atoms with Crippen LogP contribution in [0.1, 0.15) is 45.4 Å². The largest absolute Gasteiger partial charge is 0.370 e. The molecular weight excluding hydrogens is 214 g/mol. The van der Waals surface area contributed by atoms with E-state index in [2.05, 4.69) is 32.6 Å². The van der Waals surface area contributed by atoms with Gasteiger partial charge in [0.15, 0.2) is 0 Å². The Morgan fingerprint density at radius 3 is 2.25 bits per heavy atom. The summed E-state index contributed by atoms with van der Waals surface area (Å²) in [6.07, 6.45) is 8.61. The fourth-order valence-electron chi connectivity index (χ4n) is 1.72. The number of nitrogens with two attached hydrogens (primary N) is 1. The molecule has 1 amide bonds. The van der Waals surface area contributed by atoms with E-state index in [1.165, 1.54) is 19.3 Å². The van der Waals surface area contributed by atoms with Crippen molar-refractivity contribution in [3.63, 3.8) is 0 Å². The minimum Gasteiger partial charge on any atom is -0.370 e. The molecule has 0 aromatic heterocycles. The van der Waals surface area contributed by atoms with Crippen LogP contribution in [0.2, 0.25) is 19.6 Å². The number of rotatable bonds is 8. The Morgan fingerprint density at radius 2 is 1.81 bits per heavy atom. The van der Waals surface area contributed by atoms with Crippen LogP contribution >= 0.6 is 0 Å². The molecule has 0 aromatic carbocycles. The molecule has 0 bridgehead atoms. The Kier molecular flexibility index (Phi) is 7.39. The van der Waals surface area contributed by atoms with Crippen molar-refractivity contribution in [2.45, 2.75) is 65.1 Å². The summed E-state index contributed by atoms with van der Waals surface area (Å²) in [6, 6.07) is 0. The van der Waals surface area contributed by atoms with Crippen molar-refractivity contribution in [1.29, 1.82) is 0 Å². The molecule has 0 rings (SSSR count). The lowest BCUT2D eigenvalue weighted by molar-refractivity contribution is -0.118. The predicted molar refractivity (Wildman–Crippen MR) is 74.0 cm³/mol. The van der Waals surface area contributed by atoms with Gasteiger partial charge in [-0.05, 0) is 19.3 Å². The van der Waals surface area contributed by atoms with Gasteiger partial charge in [-0.3, -0.25) is 4.79 Å². The average molecular weight is 241 g/mol. The second-order valence-electron chi connectivity index (χ2n) is 5.44. The van der Waals surface area contributed by atoms with Crippen LogP contribution in [0.25, 0.3) is 0 Å². The second-order valence-corrected chi connectivity index (χ2v) is 10.6. The van der Waals surface area contributed by atoms with Gasteiger partial charge < -0.3 is 5.73 Å². The first kappa shape index (κ1) is 15.4. The van der Waals surface area contributed by atoms with Gasteiger partial charge >= 0.3 is 0 Å². The molecule has 0 aliphatic carbocycles. The molecule has 3 heteroatoms. The summed E-state index contributed by atoms with van der Waals surface area (Å²) >= 11 is 0. The first-order chi connectivity index (χ1) is 7.38. The Morgan fingerprint density at radius 1 is 1.19 bits per heavy atom. The average Bonchev–Trinajstić information content (AvgIpc) is 2.13. The van der Waals surface area contributed by atoms with E-state index in [-0.39, 0.29) is 5.91 Å². The minimum absolute atomic E-state index is 0.177. The summed E-state index contributed by atoms with van der Waals surface area (Å²) in [5.74, 6) is -0.177. The van der Waals surface area contributed by atoms with Crippen LogP contribution < -0.4 is 5.73 Å². The number of hydrogen-bond donors (Lipinski definition) is 1. The van der Waals surface area contributed by atoms with Crippen molar-refractivity contribution in [2.75, 3.05) is 0 Å². The fraction of sp³-hybridized carbons (Fsp3) is 0.769. The smallest absolute Gasteiger partial charge is 0.217 e. The molecule has 0 saturated heterocycles. The first-order valence-electron chi connectivity index (χ1n) is 6.35. The van der Waals surface area contributed by atoms with Crippen molar-refractivity contribution >= 4 is 14.0 Å². The van der Waals surface area contributed by atoms with Crippen molar-refractivity contribution < 1.29 is 4.79 Å². The molecule has 2 N–H and O–H groups in total. The maximum Gasteiger partial charge on any atom is 0.217 e. The lowest BCUT2D eigenvalue weighted by Gasteiger charge is -2.21. The first-order valence-corrected chi connectivity index (χ1v) is 9.85. The third-order valence-electron chi connectivity index (χ3n) is 2.78. The molecule has 0 unspecified atom stereocenters. The van der Waals surface area contributed by atoms with Crippen molar-refractivity contribution in [2.24, 2.45) is 5.73 Å². The maximum atomic E-state index is 10.7. The molecule has 16 heavy (non-hydrogen) atoms. The summed E-state index contributed by atoms with van der Waals surface area (Å²) in [4.78, 5) is 10.7. The third kappa shape index (κ3) is 7.68. The Labute approximate surface area is 101 Å². The van der Waals surface area contributed by atoms with E-state index in [1.54, 1.807) is 5.20 Å². The molecule has 0 heterocycles. The van der Waals surface area contributed by atoms with Crippen LogP contribution in [0.5, 0.6) is 0 Å². The molecule has 0 spiro atoms. The third-order valence-corrected chi connectivity index (χ3v) is 5.16. The maximum absolute atomic E-state index is 10.7. The summed E-state index contributed by atoms with van der Waals surface area (Å²) < 4.78 is 0. The van der Waals surface area contributed by atoms with Gasteiger partial charge in [-0.15, -0.1) is 0 Å². The summed E-state index contributed by atoms with van der Waals surface area (Å²) in [5, 5.41) is 1.60. The summed E-state index contributed by atoms with van der Waals surface area (Å²) in [5.41, 5.74) is 5.16. The van der Waals surface area contributed by atoms with E-state index >= 15 is 0 Å². The van der Waals surface area contributed by atoms with Crippen molar-refractivity contribution in [3.8, 4) is 0 Å². The predicted octanol–water partition coefficient (Wildman–Crippen LogP) is 3.64. The van der Waals surface area contributed by atoms with Crippen LogP contribution in [-0.2, 0) is 4.79 Å². The fourth-order valence-corrected chi connectivity index (χ4v) is 3.40. The molecule has 0 aromatic rings. The van der Waals surface area contributed by atoms with Gasteiger partial charge in [0.05, 0.1) is 8.07 Å². The molecule has 0 atom stereocenters. The van der Waals surface area contributed by atoms with Crippen molar-refractivity contribution in [1.82, 2.24) is 0 Å². The highest BCUT2D eigenvalue weighted by atomic mass is 28.3. The lowest BCUT2D eigenvalue weighted by Crippen LogP contribution is -2.24. The van der Waals surface area contributed by atoms with Gasteiger partial charge in [-0.1, -0.05) is 50.7 Å². The number of allylic oxidation sites excluding steroid dienone is 2. The van der Waals surface area contributed by atoms with E-state index < -0.39 is 8.07 Å². The van der Waals surface area contributed by atoms with Gasteiger partial charge in [-0.25, -0.2) is 0 Å². The van der Waals surface area contributed by atoms with E-state index in [0.717, 1.165) is 12.8 Å². The van der Waals surface area contributed by atoms with E-state index in [0.29, 0.717) is 6.42 Å². The van der Waals surface area contributed by atoms with Crippen LogP contribution in [-0.4, -0.2) is 14.0 Å². The van der Waals surface area contributed by atoms with Crippen LogP contribution in [0.4, 0.5) is 0 Å². The Hall–Kier alpha value is -0.573. The summed E-state index contributed by atoms with van der Waals surface area (Å²) in [7, 11) is -1.20. The standard InChI is InChI=1S/C13H27NOSi/c1-5-6-7-9-12(16(2,3)4)10-8-11-13(14)15/h9H,5-8,10-11H2,1-4H3,(H2,14,15)/b12-9-. The molecule has 0 aliphatic rings. The molecule has 94 valence electrons. The molecule has 2 nitrogen and oxygen atoms in total. The summed E-state index contributed by atoms with van der Waals surface area (Å²) in [6.45, 7) is 9.33. The van der Waals surface area contributed by atoms with Gasteiger partial charge in [0.1, 0.15) is 0 Å². The molecular formula is C13H27NOSi. The Balaban J connectivity index is 4.22. The zero-order chi connectivity index (χ0) is 12.6. The number of primary amides is 1. The molecule has 0 saturated carbocycles. The topological polar surface area (TPSA) is 43.1 Å². The van der Waals surface area contributed by atoms with Gasteiger partial charge in [0.2, 0.25) is 5.91 Å². The highest BCUT2D eigenvalue weighted by Gasteiger charge is 2.18. The number of carbonyl (C=O) groups is 1. The zero-order valence-corrected chi connectivity index (χ0v) is 12.3. The molecule has 0 fully saturated rings. The van der Waals surface area contributed by atoms with E-state index in [1.807, 2.05) is 0 Å².